The molecule has 3 N–H and O–H groups in total. The number of nitrogens with zero attached hydrogens (tertiary/aromatic N) is 3. The molecule has 2 aromatic rings. The van der Waals surface area contributed by atoms with E-state index in [-0.39, 0.29) is 23.4 Å². The van der Waals surface area contributed by atoms with Crippen molar-refractivity contribution in [3.8, 4) is 6.01 Å². The second-order valence-electron chi connectivity index (χ2n) is 9.96. The van der Waals surface area contributed by atoms with Crippen LogP contribution in [0.5, 0.6) is 6.01 Å². The van der Waals surface area contributed by atoms with Gasteiger partial charge in [0.15, 0.2) is 0 Å². The van der Waals surface area contributed by atoms with E-state index in [9.17, 15) is 9.59 Å². The van der Waals surface area contributed by atoms with Gasteiger partial charge in [-0.3, -0.25) is 0 Å². The SMILES string of the molecule is CC(C)(C)OC(=O)NCCCOCCCCOCCCN.CCOc1nc(Cl)nc(Cc2ccc(C(=O)OC)cc2)n1. The highest BCUT2D eigenvalue weighted by Crippen LogP contribution is 2.13. The summed E-state index contributed by atoms with van der Waals surface area (Å²) in [6.45, 7) is 11.9. The van der Waals surface area contributed by atoms with Crippen molar-refractivity contribution >= 4 is 23.7 Å². The molecule has 236 valence electrons. The minimum absolute atomic E-state index is 0.0923. The standard InChI is InChI=1S/C15H32N2O4.C14H14ClN3O3/c1-15(2,3)21-14(18)17-9-7-13-20-11-5-4-10-19-12-6-8-16;1-3-21-14-17-11(16-13(15)18-14)8-9-4-6-10(7-5-9)12(19)20-2/h4-13,16H2,1-3H3,(H,17,18);4-7H,3,8H2,1-2H3. The highest BCUT2D eigenvalue weighted by atomic mass is 35.5. The predicted octanol–water partition coefficient (Wildman–Crippen LogP) is 4.36. The number of esters is 1. The first-order chi connectivity index (χ1) is 20.1. The number of rotatable bonds is 17. The number of nitrogens with two attached hydrogens (primary N) is 1. The summed E-state index contributed by atoms with van der Waals surface area (Å²) in [5, 5.41) is 2.79. The average Bonchev–Trinajstić information content (AvgIpc) is 2.93. The molecule has 42 heavy (non-hydrogen) atoms. The zero-order chi connectivity index (χ0) is 31.2. The maximum atomic E-state index is 11.4. The molecule has 0 saturated heterocycles. The van der Waals surface area contributed by atoms with Crippen molar-refractivity contribution < 1.29 is 33.3 Å². The number of nitrogens with one attached hydrogen (secondary N) is 1. The third kappa shape index (κ3) is 18.4. The lowest BCUT2D eigenvalue weighted by molar-refractivity contribution is 0.0517. The first-order valence-corrected chi connectivity index (χ1v) is 14.5. The maximum Gasteiger partial charge on any atom is 0.407 e. The van der Waals surface area contributed by atoms with Gasteiger partial charge in [0.2, 0.25) is 5.28 Å². The molecule has 0 bridgehead atoms. The monoisotopic (exact) mass is 611 g/mol. The van der Waals surface area contributed by atoms with Crippen molar-refractivity contribution in [2.24, 2.45) is 5.73 Å². The van der Waals surface area contributed by atoms with Gasteiger partial charge in [0.05, 0.1) is 19.3 Å². The van der Waals surface area contributed by atoms with Crippen molar-refractivity contribution in [3.05, 3.63) is 46.5 Å². The van der Waals surface area contributed by atoms with Gasteiger partial charge in [-0.05, 0) is 89.2 Å². The molecule has 1 heterocycles. The molecule has 13 heteroatoms. The van der Waals surface area contributed by atoms with Crippen molar-refractivity contribution in [2.75, 3.05) is 53.2 Å². The van der Waals surface area contributed by atoms with Gasteiger partial charge in [0, 0.05) is 39.4 Å². The van der Waals surface area contributed by atoms with Crippen LogP contribution in [0.25, 0.3) is 0 Å². The third-order valence-electron chi connectivity index (χ3n) is 5.10. The van der Waals surface area contributed by atoms with Crippen LogP contribution in [0.1, 0.15) is 75.1 Å². The lowest BCUT2D eigenvalue weighted by atomic mass is 10.1. The Kier molecular flexibility index (Phi) is 19.0. The lowest BCUT2D eigenvalue weighted by Gasteiger charge is -2.19. The van der Waals surface area contributed by atoms with Crippen LogP contribution in [-0.4, -0.2) is 85.8 Å². The fourth-order valence-electron chi connectivity index (χ4n) is 3.18. The van der Waals surface area contributed by atoms with Crippen LogP contribution in [0.2, 0.25) is 5.28 Å². The number of hydrogen-bond donors (Lipinski definition) is 2. The lowest BCUT2D eigenvalue weighted by Crippen LogP contribution is -2.33. The van der Waals surface area contributed by atoms with E-state index < -0.39 is 5.60 Å². The fraction of sp³-hybridized carbons (Fsp3) is 0.621. The molecule has 0 radical (unpaired) electrons. The zero-order valence-corrected chi connectivity index (χ0v) is 26.2. The van der Waals surface area contributed by atoms with Gasteiger partial charge in [-0.15, -0.1) is 0 Å². The van der Waals surface area contributed by atoms with E-state index >= 15 is 0 Å². The molecule has 0 unspecified atom stereocenters. The van der Waals surface area contributed by atoms with E-state index in [1.54, 1.807) is 12.1 Å². The van der Waals surface area contributed by atoms with Crippen molar-refractivity contribution in [3.63, 3.8) is 0 Å². The Morgan fingerprint density at radius 1 is 0.929 bits per heavy atom. The van der Waals surface area contributed by atoms with E-state index in [0.717, 1.165) is 51.1 Å². The number of aromatic nitrogens is 3. The summed E-state index contributed by atoms with van der Waals surface area (Å²) < 4.78 is 25.9. The highest BCUT2D eigenvalue weighted by Gasteiger charge is 2.15. The Bertz CT molecular complexity index is 1040. The van der Waals surface area contributed by atoms with E-state index in [0.29, 0.717) is 44.1 Å². The second kappa shape index (κ2) is 21.6. The van der Waals surface area contributed by atoms with Crippen molar-refractivity contribution in [2.45, 2.75) is 65.4 Å². The van der Waals surface area contributed by atoms with E-state index in [1.165, 1.54) is 7.11 Å². The molecule has 12 nitrogen and oxygen atoms in total. The van der Waals surface area contributed by atoms with Crippen LogP contribution < -0.4 is 15.8 Å². The Morgan fingerprint density at radius 3 is 2.12 bits per heavy atom. The van der Waals surface area contributed by atoms with Crippen LogP contribution in [0.3, 0.4) is 0 Å². The first-order valence-electron chi connectivity index (χ1n) is 14.1. The van der Waals surface area contributed by atoms with E-state index in [1.807, 2.05) is 39.8 Å². The number of unbranched alkanes of at least 4 members (excludes halogenated alkanes) is 1. The molecule has 1 aromatic carbocycles. The number of methoxy groups -OCH3 is 1. The van der Waals surface area contributed by atoms with Gasteiger partial charge in [0.25, 0.3) is 0 Å². The average molecular weight is 612 g/mol. The van der Waals surface area contributed by atoms with Gasteiger partial charge in [0.1, 0.15) is 11.4 Å². The number of amides is 1. The van der Waals surface area contributed by atoms with Gasteiger partial charge in [-0.25, -0.2) is 14.6 Å². The zero-order valence-electron chi connectivity index (χ0n) is 25.4. The summed E-state index contributed by atoms with van der Waals surface area (Å²) >= 11 is 5.83. The molecule has 1 amide bonds. The minimum Gasteiger partial charge on any atom is -0.465 e. The molecule has 0 aliphatic heterocycles. The first kappa shape index (κ1) is 37.0. The summed E-state index contributed by atoms with van der Waals surface area (Å²) in [4.78, 5) is 34.8. The van der Waals surface area contributed by atoms with E-state index in [2.05, 4.69) is 25.0 Å². The Labute approximate surface area is 254 Å². The van der Waals surface area contributed by atoms with Crippen LogP contribution in [0.4, 0.5) is 4.79 Å². The van der Waals surface area contributed by atoms with Crippen LogP contribution in [0.15, 0.2) is 24.3 Å². The Morgan fingerprint density at radius 2 is 1.55 bits per heavy atom. The van der Waals surface area contributed by atoms with Crippen molar-refractivity contribution in [1.82, 2.24) is 20.3 Å². The number of alkyl carbamates (subject to hydrolysis) is 1. The topological polar surface area (TPSA) is 157 Å². The van der Waals surface area contributed by atoms with Crippen LogP contribution in [-0.2, 0) is 25.4 Å². The number of carbonyl (C=O) groups excluding carboxylic acids is 2. The molecular weight excluding hydrogens is 566 g/mol. The normalized spacial score (nSPS) is 10.8. The number of carbonyl (C=O) groups is 2. The number of hydrogen-bond acceptors (Lipinski definition) is 11. The third-order valence-corrected chi connectivity index (χ3v) is 5.27. The molecule has 2 rings (SSSR count). The molecule has 1 aromatic heterocycles. The van der Waals surface area contributed by atoms with E-state index in [4.69, 9.17) is 36.3 Å². The molecule has 0 aliphatic rings. The smallest absolute Gasteiger partial charge is 0.407 e. The number of halogens is 1. The Hall–Kier alpha value is -3.06. The predicted molar refractivity (Wildman–Crippen MR) is 160 cm³/mol. The quantitative estimate of drug-likeness (QED) is 0.193. The summed E-state index contributed by atoms with van der Waals surface area (Å²) in [5.41, 5.74) is 6.34. The number of ether oxygens (including phenoxy) is 5. The van der Waals surface area contributed by atoms with Gasteiger partial charge < -0.3 is 34.7 Å². The molecule has 0 fully saturated rings. The summed E-state index contributed by atoms with van der Waals surface area (Å²) in [7, 11) is 1.35. The fourth-order valence-corrected chi connectivity index (χ4v) is 3.35. The molecular formula is C29H46ClN5O7. The molecule has 0 spiro atoms. The molecule has 0 aliphatic carbocycles. The second-order valence-corrected chi connectivity index (χ2v) is 10.3. The summed E-state index contributed by atoms with van der Waals surface area (Å²) in [6.07, 6.45) is 3.78. The molecule has 0 saturated carbocycles. The highest BCUT2D eigenvalue weighted by molar-refractivity contribution is 6.28. The number of benzene rings is 1. The maximum absolute atomic E-state index is 11.4. The van der Waals surface area contributed by atoms with Gasteiger partial charge in [-0.1, -0.05) is 12.1 Å². The molecule has 0 atom stereocenters. The van der Waals surface area contributed by atoms with Gasteiger partial charge >= 0.3 is 18.1 Å². The van der Waals surface area contributed by atoms with Crippen LogP contribution >= 0.6 is 11.6 Å². The van der Waals surface area contributed by atoms with Gasteiger partial charge in [-0.2, -0.15) is 9.97 Å². The van der Waals surface area contributed by atoms with Crippen LogP contribution in [0, 0.1) is 0 Å². The minimum atomic E-state index is -0.452. The summed E-state index contributed by atoms with van der Waals surface area (Å²) in [5.74, 6) is 0.132. The Balaban J connectivity index is 0.000000420. The largest absolute Gasteiger partial charge is 0.465 e. The summed E-state index contributed by atoms with van der Waals surface area (Å²) in [6, 6.07) is 7.20. The van der Waals surface area contributed by atoms with Crippen molar-refractivity contribution in [1.29, 1.82) is 0 Å².